The van der Waals surface area contributed by atoms with Gasteiger partial charge in [0.15, 0.2) is 0 Å². The highest BCUT2D eigenvalue weighted by Crippen LogP contribution is 2.23. The zero-order valence-corrected chi connectivity index (χ0v) is 10.4. The minimum absolute atomic E-state index is 0.0206. The van der Waals surface area contributed by atoms with Crippen molar-refractivity contribution in [2.45, 2.75) is 19.5 Å². The van der Waals surface area contributed by atoms with Crippen molar-refractivity contribution in [2.24, 2.45) is 0 Å². The molecule has 1 N–H and O–H groups in total. The first-order valence-corrected chi connectivity index (χ1v) is 6.21. The molecule has 0 bridgehead atoms. The van der Waals surface area contributed by atoms with Crippen LogP contribution in [0, 0.1) is 0 Å². The van der Waals surface area contributed by atoms with Crippen LogP contribution in [0.3, 0.4) is 0 Å². The fourth-order valence-electron chi connectivity index (χ4n) is 2.41. The van der Waals surface area contributed by atoms with Crippen LogP contribution in [0.15, 0.2) is 34.9 Å². The van der Waals surface area contributed by atoms with E-state index >= 15 is 0 Å². The molecule has 98 valence electrons. The van der Waals surface area contributed by atoms with Crippen LogP contribution < -0.4 is 0 Å². The molecule has 5 heteroatoms. The molecule has 0 atom stereocenters. The van der Waals surface area contributed by atoms with Crippen LogP contribution in [-0.4, -0.2) is 27.7 Å². The lowest BCUT2D eigenvalue weighted by atomic mass is 10.0. The highest BCUT2D eigenvalue weighted by molar-refractivity contribution is 5.86. The average molecular weight is 258 g/mol. The maximum Gasteiger partial charge on any atom is 0.375 e. The molecule has 0 spiro atoms. The normalized spacial score (nSPS) is 15.2. The number of nitrogens with zero attached hydrogens (tertiary/aromatic N) is 2. The Morgan fingerprint density at radius 3 is 2.89 bits per heavy atom. The number of carboxylic acids is 1. The molecule has 19 heavy (non-hydrogen) atoms. The van der Waals surface area contributed by atoms with E-state index in [4.69, 9.17) is 9.63 Å². The molecule has 0 saturated heterocycles. The number of hydrogen-bond donors (Lipinski definition) is 1. The van der Waals surface area contributed by atoms with Crippen LogP contribution in [0.4, 0.5) is 0 Å². The number of rotatable bonds is 3. The van der Waals surface area contributed by atoms with Crippen molar-refractivity contribution in [3.63, 3.8) is 0 Å². The Morgan fingerprint density at radius 2 is 2.16 bits per heavy atom. The predicted octanol–water partition coefficient (Wildman–Crippen LogP) is 1.93. The molecule has 1 aliphatic rings. The van der Waals surface area contributed by atoms with Crippen molar-refractivity contribution >= 4 is 5.97 Å². The molecule has 2 aromatic rings. The molecule has 1 aromatic heterocycles. The summed E-state index contributed by atoms with van der Waals surface area (Å²) in [6, 6.07) is 10.1. The van der Waals surface area contributed by atoms with Gasteiger partial charge in [-0.15, -0.1) is 0 Å². The molecule has 3 rings (SSSR count). The third kappa shape index (κ3) is 2.37. The summed E-state index contributed by atoms with van der Waals surface area (Å²) in [5, 5.41) is 12.9. The quantitative estimate of drug-likeness (QED) is 0.911. The maximum atomic E-state index is 11.0. The Hall–Kier alpha value is -2.14. The first kappa shape index (κ1) is 11.9. The SMILES string of the molecule is O=C(O)c1onc2c1CN(Cc1ccccc1)CC2. The Balaban J connectivity index is 1.78. The summed E-state index contributed by atoms with van der Waals surface area (Å²) in [6.07, 6.45) is 0.735. The minimum atomic E-state index is -1.05. The van der Waals surface area contributed by atoms with Gasteiger partial charge in [0.05, 0.1) is 5.69 Å². The maximum absolute atomic E-state index is 11.0. The second-order valence-electron chi connectivity index (χ2n) is 4.69. The Bertz CT molecular complexity index is 592. The lowest BCUT2D eigenvalue weighted by Crippen LogP contribution is -2.30. The summed E-state index contributed by atoms with van der Waals surface area (Å²) in [5.41, 5.74) is 2.72. The number of carbonyl (C=O) groups is 1. The largest absolute Gasteiger partial charge is 0.475 e. The summed E-state index contributed by atoms with van der Waals surface area (Å²) in [6.45, 7) is 2.26. The fourth-order valence-corrected chi connectivity index (χ4v) is 2.41. The number of aromatic carboxylic acids is 1. The van der Waals surface area contributed by atoms with Crippen LogP contribution in [0.2, 0.25) is 0 Å². The fraction of sp³-hybridized carbons (Fsp3) is 0.286. The van der Waals surface area contributed by atoms with Crippen LogP contribution in [0.25, 0.3) is 0 Å². The number of aromatic nitrogens is 1. The highest BCUT2D eigenvalue weighted by atomic mass is 16.5. The van der Waals surface area contributed by atoms with Crippen LogP contribution >= 0.6 is 0 Å². The minimum Gasteiger partial charge on any atom is -0.475 e. The van der Waals surface area contributed by atoms with Gasteiger partial charge in [0.1, 0.15) is 0 Å². The monoisotopic (exact) mass is 258 g/mol. The van der Waals surface area contributed by atoms with Crippen LogP contribution in [0.1, 0.15) is 27.4 Å². The van der Waals surface area contributed by atoms with Crippen molar-refractivity contribution in [1.29, 1.82) is 0 Å². The van der Waals surface area contributed by atoms with E-state index in [2.05, 4.69) is 22.2 Å². The molecule has 5 nitrogen and oxygen atoms in total. The second kappa shape index (κ2) is 4.85. The van der Waals surface area contributed by atoms with Gasteiger partial charge in [-0.25, -0.2) is 4.79 Å². The molecular weight excluding hydrogens is 244 g/mol. The van der Waals surface area contributed by atoms with Crippen LogP contribution in [0.5, 0.6) is 0 Å². The van der Waals surface area contributed by atoms with Crippen LogP contribution in [-0.2, 0) is 19.5 Å². The topological polar surface area (TPSA) is 66.6 Å². The number of benzene rings is 1. The first-order valence-electron chi connectivity index (χ1n) is 6.21. The van der Waals surface area contributed by atoms with Crippen molar-refractivity contribution in [1.82, 2.24) is 10.1 Å². The molecule has 0 fully saturated rings. The predicted molar refractivity (Wildman–Crippen MR) is 67.7 cm³/mol. The van der Waals surface area contributed by atoms with Gasteiger partial charge in [-0.2, -0.15) is 0 Å². The second-order valence-corrected chi connectivity index (χ2v) is 4.69. The van der Waals surface area contributed by atoms with Gasteiger partial charge in [0.25, 0.3) is 0 Å². The zero-order chi connectivity index (χ0) is 13.2. The van der Waals surface area contributed by atoms with Gasteiger partial charge < -0.3 is 9.63 Å². The van der Waals surface area contributed by atoms with E-state index in [0.29, 0.717) is 6.54 Å². The number of fused-ring (bicyclic) bond motifs is 1. The summed E-state index contributed by atoms with van der Waals surface area (Å²) in [4.78, 5) is 13.3. The number of hydrogen-bond acceptors (Lipinski definition) is 4. The number of carboxylic acid groups (broad SMARTS) is 1. The van der Waals surface area contributed by atoms with Gasteiger partial charge in [0, 0.05) is 31.6 Å². The summed E-state index contributed by atoms with van der Waals surface area (Å²) in [7, 11) is 0. The van der Waals surface area contributed by atoms with Crippen molar-refractivity contribution in [3.8, 4) is 0 Å². The van der Waals surface area contributed by atoms with Gasteiger partial charge in [-0.3, -0.25) is 4.90 Å². The Labute approximate surface area is 110 Å². The van der Waals surface area contributed by atoms with Gasteiger partial charge in [0.2, 0.25) is 5.76 Å². The molecule has 0 amide bonds. The molecule has 1 aliphatic heterocycles. The summed E-state index contributed by atoms with van der Waals surface area (Å²) >= 11 is 0. The first-order chi connectivity index (χ1) is 9.24. The standard InChI is InChI=1S/C14H14N2O3/c17-14(18)13-11-9-16(7-6-12(11)15-19-13)8-10-4-2-1-3-5-10/h1-5H,6-9H2,(H,17,18). The van der Waals surface area contributed by atoms with Crippen molar-refractivity contribution in [3.05, 3.63) is 52.9 Å². The lowest BCUT2D eigenvalue weighted by Gasteiger charge is -2.25. The van der Waals surface area contributed by atoms with E-state index < -0.39 is 5.97 Å². The van der Waals surface area contributed by atoms with E-state index in [9.17, 15) is 4.79 Å². The highest BCUT2D eigenvalue weighted by Gasteiger charge is 2.27. The van der Waals surface area contributed by atoms with Crippen molar-refractivity contribution in [2.75, 3.05) is 6.54 Å². The molecule has 0 radical (unpaired) electrons. The molecule has 1 aromatic carbocycles. The van der Waals surface area contributed by atoms with Crippen molar-refractivity contribution < 1.29 is 14.4 Å². The third-order valence-electron chi connectivity index (χ3n) is 3.36. The molecular formula is C14H14N2O3. The average Bonchev–Trinajstić information content (AvgIpc) is 2.83. The molecule has 0 saturated carbocycles. The van der Waals surface area contributed by atoms with E-state index in [-0.39, 0.29) is 5.76 Å². The lowest BCUT2D eigenvalue weighted by molar-refractivity contribution is 0.0649. The summed E-state index contributed by atoms with van der Waals surface area (Å²) < 4.78 is 4.90. The molecule has 0 unspecified atom stereocenters. The van der Waals surface area contributed by atoms with Gasteiger partial charge in [-0.1, -0.05) is 35.5 Å². The van der Waals surface area contributed by atoms with Gasteiger partial charge >= 0.3 is 5.97 Å². The molecule has 2 heterocycles. The smallest absolute Gasteiger partial charge is 0.375 e. The Morgan fingerprint density at radius 1 is 1.37 bits per heavy atom. The van der Waals surface area contributed by atoms with Gasteiger partial charge in [-0.05, 0) is 5.56 Å². The van der Waals surface area contributed by atoms with E-state index in [1.165, 1.54) is 5.56 Å². The third-order valence-corrected chi connectivity index (χ3v) is 3.36. The Kier molecular flexibility index (Phi) is 3.05. The summed E-state index contributed by atoms with van der Waals surface area (Å²) in [5.74, 6) is -1.07. The van der Waals surface area contributed by atoms with E-state index in [1.54, 1.807) is 0 Å². The van der Waals surface area contributed by atoms with E-state index in [0.717, 1.165) is 30.8 Å². The van der Waals surface area contributed by atoms with E-state index in [1.807, 2.05) is 18.2 Å². The molecule has 0 aliphatic carbocycles. The zero-order valence-electron chi connectivity index (χ0n) is 10.4.